The number of anilines is 3. The first-order valence-corrected chi connectivity index (χ1v) is 19.0. The molecule has 8 aromatic carbocycles. The summed E-state index contributed by atoms with van der Waals surface area (Å²) in [7, 11) is 0. The zero-order valence-electron chi connectivity index (χ0n) is 30.9. The minimum atomic E-state index is -0.0945. The number of furan rings is 1. The summed E-state index contributed by atoms with van der Waals surface area (Å²) in [6, 6.07) is 60.5. The summed E-state index contributed by atoms with van der Waals surface area (Å²) in [6.45, 7) is 9.42. The van der Waals surface area contributed by atoms with Crippen LogP contribution >= 0.6 is 0 Å². The first-order valence-electron chi connectivity index (χ1n) is 19.0. The molecule has 0 saturated carbocycles. The van der Waals surface area contributed by atoms with E-state index in [0.29, 0.717) is 0 Å². The van der Waals surface area contributed by atoms with Gasteiger partial charge in [0.1, 0.15) is 11.2 Å². The molecule has 0 spiro atoms. The van der Waals surface area contributed by atoms with Gasteiger partial charge in [0.15, 0.2) is 0 Å². The predicted octanol–water partition coefficient (Wildman–Crippen LogP) is 14.5. The van der Waals surface area contributed by atoms with Gasteiger partial charge in [-0.15, -0.1) is 0 Å². The van der Waals surface area contributed by atoms with E-state index < -0.39 is 0 Å². The monoisotopic (exact) mass is 693 g/mol. The fourth-order valence-electron chi connectivity index (χ4n) is 9.65. The summed E-state index contributed by atoms with van der Waals surface area (Å²) >= 11 is 0. The lowest BCUT2D eigenvalue weighted by Gasteiger charge is -2.30. The molecule has 2 heteroatoms. The van der Waals surface area contributed by atoms with E-state index in [4.69, 9.17) is 4.42 Å². The van der Waals surface area contributed by atoms with Crippen molar-refractivity contribution in [2.45, 2.75) is 38.5 Å². The molecule has 1 heterocycles. The number of para-hydroxylation sites is 1. The molecular formula is C52H39NO. The van der Waals surface area contributed by atoms with Crippen molar-refractivity contribution in [3.63, 3.8) is 0 Å². The van der Waals surface area contributed by atoms with Gasteiger partial charge in [-0.2, -0.15) is 0 Å². The Morgan fingerprint density at radius 2 is 1.06 bits per heavy atom. The van der Waals surface area contributed by atoms with Gasteiger partial charge in [-0.3, -0.25) is 0 Å². The first kappa shape index (κ1) is 31.2. The van der Waals surface area contributed by atoms with Gasteiger partial charge >= 0.3 is 0 Å². The van der Waals surface area contributed by atoms with Crippen molar-refractivity contribution in [3.05, 3.63) is 186 Å². The molecule has 258 valence electrons. The van der Waals surface area contributed by atoms with Crippen molar-refractivity contribution in [2.24, 2.45) is 0 Å². The second kappa shape index (κ2) is 11.1. The number of hydrogen-bond donors (Lipinski definition) is 0. The maximum atomic E-state index is 6.19. The van der Waals surface area contributed by atoms with Gasteiger partial charge in [0.25, 0.3) is 0 Å². The maximum Gasteiger partial charge on any atom is 0.136 e. The number of fused-ring (bicyclic) bond motifs is 10. The van der Waals surface area contributed by atoms with E-state index >= 15 is 0 Å². The van der Waals surface area contributed by atoms with Crippen molar-refractivity contribution in [2.75, 3.05) is 4.90 Å². The molecule has 2 nitrogen and oxygen atoms in total. The third-order valence-corrected chi connectivity index (χ3v) is 12.4. The van der Waals surface area contributed by atoms with Crippen molar-refractivity contribution in [3.8, 4) is 33.4 Å². The van der Waals surface area contributed by atoms with Crippen LogP contribution in [0.2, 0.25) is 0 Å². The van der Waals surface area contributed by atoms with Crippen LogP contribution in [0.4, 0.5) is 17.1 Å². The van der Waals surface area contributed by atoms with Crippen LogP contribution in [-0.2, 0) is 10.8 Å². The molecule has 0 radical (unpaired) electrons. The highest BCUT2D eigenvalue weighted by Gasteiger charge is 2.39. The molecule has 0 bridgehead atoms. The maximum absolute atomic E-state index is 6.19. The third-order valence-electron chi connectivity index (χ3n) is 12.4. The van der Waals surface area contributed by atoms with Gasteiger partial charge < -0.3 is 9.32 Å². The molecule has 0 saturated heterocycles. The van der Waals surface area contributed by atoms with Crippen molar-refractivity contribution in [1.82, 2.24) is 0 Å². The van der Waals surface area contributed by atoms with Crippen LogP contribution in [-0.4, -0.2) is 0 Å². The van der Waals surface area contributed by atoms with Gasteiger partial charge in [-0.1, -0.05) is 137 Å². The minimum Gasteiger partial charge on any atom is -0.456 e. The fourth-order valence-corrected chi connectivity index (χ4v) is 9.65. The van der Waals surface area contributed by atoms with E-state index in [2.05, 4.69) is 184 Å². The molecule has 0 fully saturated rings. The molecular weight excluding hydrogens is 655 g/mol. The number of benzene rings is 8. The van der Waals surface area contributed by atoms with Crippen LogP contribution < -0.4 is 4.90 Å². The zero-order chi connectivity index (χ0) is 36.3. The molecule has 2 aliphatic carbocycles. The van der Waals surface area contributed by atoms with E-state index in [1.54, 1.807) is 0 Å². The Bertz CT molecular complexity index is 3000. The SMILES string of the molecule is CC1(C)c2ccccc2-c2cc(N(c3ccc(-c4ccc5cc6oc7ccccc7c6cc5c4)cc3)c3cccc4c3-c3ccccc3C4(C)C)ccc21. The Morgan fingerprint density at radius 3 is 1.89 bits per heavy atom. The van der Waals surface area contributed by atoms with Crippen LogP contribution in [0.3, 0.4) is 0 Å². The molecule has 11 rings (SSSR count). The summed E-state index contributed by atoms with van der Waals surface area (Å²) in [6.07, 6.45) is 0. The number of hydrogen-bond acceptors (Lipinski definition) is 2. The molecule has 0 N–H and O–H groups in total. The van der Waals surface area contributed by atoms with Gasteiger partial charge in [0, 0.05) is 38.5 Å². The molecule has 9 aromatic rings. The fraction of sp³-hybridized carbons (Fsp3) is 0.115. The van der Waals surface area contributed by atoms with Crippen molar-refractivity contribution >= 4 is 49.8 Å². The zero-order valence-corrected chi connectivity index (χ0v) is 30.9. The van der Waals surface area contributed by atoms with E-state index in [9.17, 15) is 0 Å². The van der Waals surface area contributed by atoms with Crippen molar-refractivity contribution < 1.29 is 4.42 Å². The topological polar surface area (TPSA) is 16.4 Å². The second-order valence-corrected chi connectivity index (χ2v) is 16.2. The molecule has 0 unspecified atom stereocenters. The van der Waals surface area contributed by atoms with Gasteiger partial charge in [-0.05, 0) is 115 Å². The quantitative estimate of drug-likeness (QED) is 0.182. The minimum absolute atomic E-state index is 0.0514. The van der Waals surface area contributed by atoms with Crippen LogP contribution in [0.25, 0.3) is 66.1 Å². The average molecular weight is 694 g/mol. The van der Waals surface area contributed by atoms with Gasteiger partial charge in [0.2, 0.25) is 0 Å². The normalized spacial score (nSPS) is 14.6. The predicted molar refractivity (Wildman–Crippen MR) is 226 cm³/mol. The highest BCUT2D eigenvalue weighted by atomic mass is 16.3. The molecule has 2 aliphatic rings. The Morgan fingerprint density at radius 1 is 0.407 bits per heavy atom. The lowest BCUT2D eigenvalue weighted by Crippen LogP contribution is -2.16. The second-order valence-electron chi connectivity index (χ2n) is 16.2. The van der Waals surface area contributed by atoms with Crippen LogP contribution in [0.1, 0.15) is 49.9 Å². The Labute approximate surface area is 315 Å². The lowest BCUT2D eigenvalue weighted by molar-refractivity contribution is 0.660. The standard InChI is InChI=1S/C52H39NO/c1-51(2)43-15-8-5-12-38(43)41-31-37(26-27-45(41)51)53(47-18-11-17-46-50(47)40-14-6-9-16-44(40)52(46,3)4)36-24-22-32(23-25-36)33-20-21-34-30-49-42(29-35(34)28-33)39-13-7-10-19-48(39)54-49/h5-31H,1-4H3. The van der Waals surface area contributed by atoms with Crippen LogP contribution in [0, 0.1) is 0 Å². The number of nitrogens with zero attached hydrogens (tertiary/aromatic N) is 1. The number of rotatable bonds is 4. The van der Waals surface area contributed by atoms with Gasteiger partial charge in [-0.25, -0.2) is 0 Å². The Kier molecular flexibility index (Phi) is 6.39. The lowest BCUT2D eigenvalue weighted by atomic mass is 9.82. The summed E-state index contributed by atoms with van der Waals surface area (Å²) in [5.41, 5.74) is 18.4. The average Bonchev–Trinajstić information content (AvgIpc) is 3.76. The molecule has 54 heavy (non-hydrogen) atoms. The van der Waals surface area contributed by atoms with E-state index in [0.717, 1.165) is 33.3 Å². The van der Waals surface area contributed by atoms with Crippen LogP contribution in [0.5, 0.6) is 0 Å². The Hall–Kier alpha value is -6.38. The summed E-state index contributed by atoms with van der Waals surface area (Å²) in [5.74, 6) is 0. The molecule has 0 atom stereocenters. The molecule has 0 aliphatic heterocycles. The van der Waals surface area contributed by atoms with Crippen molar-refractivity contribution in [1.29, 1.82) is 0 Å². The van der Waals surface area contributed by atoms with E-state index in [1.165, 1.54) is 72.1 Å². The summed E-state index contributed by atoms with van der Waals surface area (Å²) < 4.78 is 6.19. The molecule has 0 amide bonds. The molecule has 1 aromatic heterocycles. The van der Waals surface area contributed by atoms with Gasteiger partial charge in [0.05, 0.1) is 5.69 Å². The van der Waals surface area contributed by atoms with Crippen LogP contribution in [0.15, 0.2) is 168 Å². The first-order chi connectivity index (χ1) is 26.3. The van der Waals surface area contributed by atoms with E-state index in [1.807, 2.05) is 12.1 Å². The Balaban J connectivity index is 1.07. The summed E-state index contributed by atoms with van der Waals surface area (Å²) in [5, 5.41) is 4.69. The van der Waals surface area contributed by atoms with E-state index in [-0.39, 0.29) is 10.8 Å². The summed E-state index contributed by atoms with van der Waals surface area (Å²) in [4.78, 5) is 2.48. The highest BCUT2D eigenvalue weighted by Crippen LogP contribution is 2.55. The smallest absolute Gasteiger partial charge is 0.136 e. The largest absolute Gasteiger partial charge is 0.456 e. The highest BCUT2D eigenvalue weighted by molar-refractivity contribution is 6.10. The third kappa shape index (κ3) is 4.34.